The fourth-order valence-corrected chi connectivity index (χ4v) is 5.52. The molecule has 0 radical (unpaired) electrons. The molecule has 0 spiro atoms. The number of rotatable bonds is 9. The SMILES string of the molecule is CNc1nc(N2CCCCCC2)ccc1C(=N)C(=O)CC1CCN(CCN2CC[C@H](F)C2)CC1. The van der Waals surface area contributed by atoms with Crippen LogP contribution in [0.1, 0.15) is 56.9 Å². The quantitative estimate of drug-likeness (QED) is 0.535. The molecule has 34 heavy (non-hydrogen) atoms. The van der Waals surface area contributed by atoms with Crippen LogP contribution in [0.5, 0.6) is 0 Å². The van der Waals surface area contributed by atoms with E-state index in [0.29, 0.717) is 36.7 Å². The summed E-state index contributed by atoms with van der Waals surface area (Å²) in [7, 11) is 1.81. The molecule has 4 heterocycles. The Hall–Kier alpha value is -2.06. The van der Waals surface area contributed by atoms with Crippen LogP contribution >= 0.6 is 0 Å². The van der Waals surface area contributed by atoms with Gasteiger partial charge in [-0.1, -0.05) is 12.8 Å². The standard InChI is InChI=1S/C26H41FN6O/c1-29-26-22(6-7-24(30-26)33-11-4-2-3-5-12-33)25(28)23(34)18-20-8-13-31(14-9-20)16-17-32-15-10-21(27)19-32/h6-7,20-21,28H,2-5,8-19H2,1H3,(H,29,30)/t21-/m0/s1. The lowest BCUT2D eigenvalue weighted by Gasteiger charge is -2.32. The Morgan fingerprint density at radius 3 is 2.35 bits per heavy atom. The largest absolute Gasteiger partial charge is 0.373 e. The van der Waals surface area contributed by atoms with E-state index in [2.05, 4.69) is 20.0 Å². The van der Waals surface area contributed by atoms with E-state index in [4.69, 9.17) is 10.4 Å². The Bertz CT molecular complexity index is 833. The third kappa shape index (κ3) is 6.54. The molecular weight excluding hydrogens is 431 g/mol. The highest BCUT2D eigenvalue weighted by Crippen LogP contribution is 2.25. The van der Waals surface area contributed by atoms with Crippen LogP contribution in [0.3, 0.4) is 0 Å². The van der Waals surface area contributed by atoms with Gasteiger partial charge in [-0.2, -0.15) is 0 Å². The topological polar surface area (TPSA) is 75.6 Å². The number of anilines is 2. The number of ketones is 1. The van der Waals surface area contributed by atoms with Gasteiger partial charge < -0.3 is 15.1 Å². The van der Waals surface area contributed by atoms with Crippen molar-refractivity contribution in [3.8, 4) is 0 Å². The van der Waals surface area contributed by atoms with Crippen molar-refractivity contribution in [3.63, 3.8) is 0 Å². The van der Waals surface area contributed by atoms with Gasteiger partial charge in [-0.25, -0.2) is 9.37 Å². The van der Waals surface area contributed by atoms with Gasteiger partial charge in [0.15, 0.2) is 5.78 Å². The van der Waals surface area contributed by atoms with Crippen LogP contribution < -0.4 is 10.2 Å². The molecule has 0 bridgehead atoms. The van der Waals surface area contributed by atoms with E-state index in [1.165, 1.54) is 25.7 Å². The number of nitrogens with zero attached hydrogens (tertiary/aromatic N) is 4. The smallest absolute Gasteiger partial charge is 0.181 e. The second-order valence-electron chi connectivity index (χ2n) is 10.2. The van der Waals surface area contributed by atoms with Gasteiger partial charge in [0.2, 0.25) is 0 Å². The lowest BCUT2D eigenvalue weighted by molar-refractivity contribution is -0.114. The lowest BCUT2D eigenvalue weighted by Crippen LogP contribution is -2.39. The number of hydrogen-bond acceptors (Lipinski definition) is 7. The van der Waals surface area contributed by atoms with Gasteiger partial charge in [-0.15, -0.1) is 0 Å². The lowest BCUT2D eigenvalue weighted by atomic mass is 9.89. The first-order valence-electron chi connectivity index (χ1n) is 13.2. The summed E-state index contributed by atoms with van der Waals surface area (Å²) in [5.41, 5.74) is 0.664. The number of halogens is 1. The van der Waals surface area contributed by atoms with Crippen molar-refractivity contribution in [3.05, 3.63) is 17.7 Å². The van der Waals surface area contributed by atoms with E-state index in [9.17, 15) is 9.18 Å². The number of likely N-dealkylation sites (tertiary alicyclic amines) is 2. The van der Waals surface area contributed by atoms with Gasteiger partial charge in [0.25, 0.3) is 0 Å². The summed E-state index contributed by atoms with van der Waals surface area (Å²) in [4.78, 5) is 24.7. The zero-order valence-electron chi connectivity index (χ0n) is 20.7. The van der Waals surface area contributed by atoms with Crippen molar-refractivity contribution >= 4 is 23.1 Å². The van der Waals surface area contributed by atoms with Crippen molar-refractivity contribution in [1.29, 1.82) is 5.41 Å². The Kier molecular flexibility index (Phi) is 8.89. The zero-order chi connectivity index (χ0) is 23.9. The molecule has 0 aliphatic carbocycles. The van der Waals surface area contributed by atoms with E-state index >= 15 is 0 Å². The van der Waals surface area contributed by atoms with Crippen LogP contribution in [0.15, 0.2) is 12.1 Å². The molecule has 1 aromatic heterocycles. The van der Waals surface area contributed by atoms with Crippen molar-refractivity contribution in [2.45, 2.75) is 57.5 Å². The maximum absolute atomic E-state index is 13.4. The van der Waals surface area contributed by atoms with E-state index in [0.717, 1.165) is 64.5 Å². The molecule has 2 N–H and O–H groups in total. The third-order valence-corrected chi connectivity index (χ3v) is 7.72. The minimum atomic E-state index is -0.656. The van der Waals surface area contributed by atoms with Gasteiger partial charge in [0, 0.05) is 58.3 Å². The van der Waals surface area contributed by atoms with E-state index in [1.54, 1.807) is 7.05 Å². The molecule has 1 aromatic rings. The fraction of sp³-hybridized carbons (Fsp3) is 0.731. The Labute approximate surface area is 203 Å². The molecule has 3 aliphatic heterocycles. The van der Waals surface area contributed by atoms with Gasteiger partial charge in [0.1, 0.15) is 23.5 Å². The monoisotopic (exact) mass is 472 g/mol. The van der Waals surface area contributed by atoms with Gasteiger partial charge in [-0.3, -0.25) is 15.1 Å². The second kappa shape index (κ2) is 12.1. The molecule has 3 saturated heterocycles. The molecule has 1 atom stereocenters. The molecule has 4 rings (SSSR count). The highest BCUT2D eigenvalue weighted by Gasteiger charge is 2.26. The minimum Gasteiger partial charge on any atom is -0.373 e. The van der Waals surface area contributed by atoms with E-state index in [1.807, 2.05) is 12.1 Å². The average molecular weight is 473 g/mol. The summed E-state index contributed by atoms with van der Waals surface area (Å²) in [5.74, 6) is 1.78. The summed E-state index contributed by atoms with van der Waals surface area (Å²) in [6.45, 7) is 7.34. The van der Waals surface area contributed by atoms with Crippen molar-refractivity contribution in [1.82, 2.24) is 14.8 Å². The number of carbonyl (C=O) groups excluding carboxylic acids is 1. The first kappa shape index (κ1) is 25.0. The first-order valence-corrected chi connectivity index (χ1v) is 13.2. The minimum absolute atomic E-state index is 0.0662. The van der Waals surface area contributed by atoms with Crippen LogP contribution in [0.25, 0.3) is 0 Å². The van der Waals surface area contributed by atoms with Crippen molar-refractivity contribution in [2.24, 2.45) is 5.92 Å². The summed E-state index contributed by atoms with van der Waals surface area (Å²) < 4.78 is 13.4. The third-order valence-electron chi connectivity index (χ3n) is 7.72. The number of Topliss-reactive ketones (excluding diaryl/α,β-unsaturated/α-hetero) is 1. The van der Waals surface area contributed by atoms with Crippen LogP contribution in [0.2, 0.25) is 0 Å². The van der Waals surface area contributed by atoms with Crippen molar-refractivity contribution in [2.75, 3.05) is 69.6 Å². The van der Waals surface area contributed by atoms with E-state index in [-0.39, 0.29) is 11.5 Å². The van der Waals surface area contributed by atoms with Crippen LogP contribution in [0, 0.1) is 11.3 Å². The fourth-order valence-electron chi connectivity index (χ4n) is 5.52. The van der Waals surface area contributed by atoms with Crippen LogP contribution in [-0.2, 0) is 4.79 Å². The molecule has 0 unspecified atom stereocenters. The predicted octanol–water partition coefficient (Wildman–Crippen LogP) is 3.59. The maximum atomic E-state index is 13.4. The van der Waals surface area contributed by atoms with Crippen LogP contribution in [-0.4, -0.2) is 91.9 Å². The van der Waals surface area contributed by atoms with Gasteiger partial charge in [0.05, 0.1) is 0 Å². The Morgan fingerprint density at radius 1 is 1.03 bits per heavy atom. The molecule has 188 valence electrons. The Morgan fingerprint density at radius 2 is 1.71 bits per heavy atom. The molecule has 3 fully saturated rings. The number of piperidine rings is 1. The second-order valence-corrected chi connectivity index (χ2v) is 10.2. The summed E-state index contributed by atoms with van der Waals surface area (Å²) in [6.07, 6.45) is 7.31. The highest BCUT2D eigenvalue weighted by molar-refractivity contribution is 6.45. The summed E-state index contributed by atoms with van der Waals surface area (Å²) >= 11 is 0. The highest BCUT2D eigenvalue weighted by atomic mass is 19.1. The molecule has 8 heteroatoms. The molecule has 0 amide bonds. The van der Waals surface area contributed by atoms with Crippen LogP contribution in [0.4, 0.5) is 16.0 Å². The van der Waals surface area contributed by atoms with Gasteiger partial charge >= 0.3 is 0 Å². The first-order chi connectivity index (χ1) is 16.5. The number of nitrogens with one attached hydrogen (secondary N) is 2. The average Bonchev–Trinajstić information content (AvgIpc) is 3.09. The van der Waals surface area contributed by atoms with Gasteiger partial charge in [-0.05, 0) is 63.2 Å². The number of alkyl halides is 1. The maximum Gasteiger partial charge on any atom is 0.181 e. The number of hydrogen-bond donors (Lipinski definition) is 2. The number of pyridine rings is 1. The number of aromatic nitrogens is 1. The molecule has 7 nitrogen and oxygen atoms in total. The molecule has 3 aliphatic rings. The normalized spacial score (nSPS) is 23.1. The number of carbonyl (C=O) groups is 1. The Balaban J connectivity index is 1.26. The van der Waals surface area contributed by atoms with Crippen molar-refractivity contribution < 1.29 is 9.18 Å². The molecular formula is C26H41FN6O. The predicted molar refractivity (Wildman–Crippen MR) is 136 cm³/mol. The summed E-state index contributed by atoms with van der Waals surface area (Å²) in [6, 6.07) is 3.86. The zero-order valence-corrected chi connectivity index (χ0v) is 20.7. The molecule has 0 aromatic carbocycles. The molecule has 0 saturated carbocycles. The summed E-state index contributed by atoms with van der Waals surface area (Å²) in [5, 5.41) is 11.7. The van der Waals surface area contributed by atoms with E-state index < -0.39 is 6.17 Å².